The summed E-state index contributed by atoms with van der Waals surface area (Å²) < 4.78 is 7.67. The van der Waals surface area contributed by atoms with Crippen LogP contribution in [0.15, 0.2) is 0 Å². The van der Waals surface area contributed by atoms with Crippen LogP contribution in [0.4, 0.5) is 5.82 Å². The zero-order valence-corrected chi connectivity index (χ0v) is 16.9. The number of imidazole rings is 1. The molecule has 3 heterocycles. The summed E-state index contributed by atoms with van der Waals surface area (Å²) >= 11 is 0. The predicted octanol–water partition coefficient (Wildman–Crippen LogP) is 2.48. The number of nitrogens with zero attached hydrogens (tertiary/aromatic N) is 4. The van der Waals surface area contributed by atoms with Crippen molar-refractivity contribution >= 4 is 22.8 Å². The van der Waals surface area contributed by atoms with E-state index in [0.29, 0.717) is 38.5 Å². The van der Waals surface area contributed by atoms with Crippen molar-refractivity contribution < 1.29 is 9.53 Å². The fourth-order valence-electron chi connectivity index (χ4n) is 4.46. The van der Waals surface area contributed by atoms with Gasteiger partial charge in [-0.1, -0.05) is 6.92 Å². The number of hydrogen-bond donors (Lipinski definition) is 1. The number of anilines is 1. The molecular formula is C21H31N5O2. The summed E-state index contributed by atoms with van der Waals surface area (Å²) in [4.78, 5) is 23.9. The van der Waals surface area contributed by atoms with E-state index >= 15 is 0 Å². The summed E-state index contributed by atoms with van der Waals surface area (Å²) in [6.07, 6.45) is 7.74. The maximum Gasteiger partial charge on any atom is 0.222 e. The maximum atomic E-state index is 12.5. The fourth-order valence-corrected chi connectivity index (χ4v) is 4.46. The summed E-state index contributed by atoms with van der Waals surface area (Å²) in [6.45, 7) is 5.70. The molecule has 0 unspecified atom stereocenters. The van der Waals surface area contributed by atoms with Gasteiger partial charge in [0.15, 0.2) is 5.82 Å². The Kier molecular flexibility index (Phi) is 5.80. The first kappa shape index (κ1) is 19.2. The van der Waals surface area contributed by atoms with Crippen LogP contribution in [-0.2, 0) is 35.3 Å². The van der Waals surface area contributed by atoms with Gasteiger partial charge in [0.05, 0.1) is 18.7 Å². The molecule has 152 valence electrons. The van der Waals surface area contributed by atoms with Crippen molar-refractivity contribution in [3.05, 3.63) is 17.1 Å². The van der Waals surface area contributed by atoms with Gasteiger partial charge in [0.1, 0.15) is 11.3 Å². The van der Waals surface area contributed by atoms with E-state index < -0.39 is 0 Å². The van der Waals surface area contributed by atoms with Gasteiger partial charge in [-0.15, -0.1) is 0 Å². The minimum absolute atomic E-state index is 0.230. The predicted molar refractivity (Wildman–Crippen MR) is 109 cm³/mol. The molecule has 4 rings (SSSR count). The molecule has 1 saturated heterocycles. The van der Waals surface area contributed by atoms with Crippen LogP contribution in [0.2, 0.25) is 0 Å². The first-order valence-corrected chi connectivity index (χ1v) is 10.7. The number of amides is 1. The molecule has 2 aromatic rings. The van der Waals surface area contributed by atoms with E-state index in [1.54, 1.807) is 0 Å². The second-order valence-corrected chi connectivity index (χ2v) is 7.85. The Morgan fingerprint density at radius 1 is 1.18 bits per heavy atom. The van der Waals surface area contributed by atoms with E-state index in [1.807, 2.05) is 4.90 Å². The number of rotatable bonds is 6. The molecule has 7 heteroatoms. The summed E-state index contributed by atoms with van der Waals surface area (Å²) in [7, 11) is 0. The Hall–Kier alpha value is -2.15. The Morgan fingerprint density at radius 2 is 1.96 bits per heavy atom. The molecule has 1 aliphatic heterocycles. The van der Waals surface area contributed by atoms with Crippen LogP contribution in [0.25, 0.3) is 11.0 Å². The summed E-state index contributed by atoms with van der Waals surface area (Å²) in [5.41, 5.74) is 10.8. The van der Waals surface area contributed by atoms with E-state index in [9.17, 15) is 4.79 Å². The number of carbonyl (C=O) groups is 1. The first-order valence-electron chi connectivity index (χ1n) is 10.7. The Bertz CT molecular complexity index is 854. The third-order valence-corrected chi connectivity index (χ3v) is 5.88. The quantitative estimate of drug-likeness (QED) is 0.826. The monoisotopic (exact) mass is 385 g/mol. The van der Waals surface area contributed by atoms with Crippen molar-refractivity contribution in [1.29, 1.82) is 0 Å². The average Bonchev–Trinajstić information content (AvgIpc) is 3.08. The highest BCUT2D eigenvalue weighted by Crippen LogP contribution is 2.32. The van der Waals surface area contributed by atoms with Gasteiger partial charge in [0.25, 0.3) is 0 Å². The topological polar surface area (TPSA) is 86.3 Å². The summed E-state index contributed by atoms with van der Waals surface area (Å²) in [6, 6.07) is 0. The second kappa shape index (κ2) is 8.47. The number of ether oxygens (including phenoxy) is 1. The van der Waals surface area contributed by atoms with Crippen LogP contribution in [0, 0.1) is 0 Å². The van der Waals surface area contributed by atoms with Crippen LogP contribution in [0.5, 0.6) is 0 Å². The molecule has 1 fully saturated rings. The van der Waals surface area contributed by atoms with Gasteiger partial charge in [-0.2, -0.15) is 0 Å². The summed E-state index contributed by atoms with van der Waals surface area (Å²) in [5.74, 6) is 1.85. The van der Waals surface area contributed by atoms with Gasteiger partial charge in [-0.3, -0.25) is 4.79 Å². The van der Waals surface area contributed by atoms with E-state index in [2.05, 4.69) is 16.5 Å². The minimum atomic E-state index is 0.230. The molecule has 28 heavy (non-hydrogen) atoms. The third-order valence-electron chi connectivity index (χ3n) is 5.88. The van der Waals surface area contributed by atoms with E-state index in [0.717, 1.165) is 55.7 Å². The molecule has 0 aromatic carbocycles. The lowest BCUT2D eigenvalue weighted by atomic mass is 9.95. The molecule has 1 amide bonds. The number of pyridine rings is 1. The van der Waals surface area contributed by atoms with Gasteiger partial charge in [0.2, 0.25) is 5.91 Å². The van der Waals surface area contributed by atoms with E-state index in [4.69, 9.17) is 15.5 Å². The zero-order valence-electron chi connectivity index (χ0n) is 16.9. The number of aromatic nitrogens is 3. The molecule has 0 bridgehead atoms. The molecule has 2 aromatic heterocycles. The van der Waals surface area contributed by atoms with Crippen molar-refractivity contribution in [1.82, 2.24) is 19.4 Å². The van der Waals surface area contributed by atoms with Crippen LogP contribution >= 0.6 is 0 Å². The Morgan fingerprint density at radius 3 is 2.75 bits per heavy atom. The Balaban J connectivity index is 1.58. The van der Waals surface area contributed by atoms with Crippen molar-refractivity contribution in [3.63, 3.8) is 0 Å². The number of hydrogen-bond acceptors (Lipinski definition) is 5. The largest absolute Gasteiger partial charge is 0.382 e. The van der Waals surface area contributed by atoms with Gasteiger partial charge >= 0.3 is 0 Å². The van der Waals surface area contributed by atoms with Crippen LogP contribution in [-0.4, -0.2) is 51.6 Å². The van der Waals surface area contributed by atoms with Crippen molar-refractivity contribution in [2.75, 3.05) is 32.0 Å². The number of morpholine rings is 1. The maximum absolute atomic E-state index is 12.5. The standard InChI is InChI=1S/C21H31N5O2/c1-2-6-17-24-19-20(15-7-3-4-8-16(15)23-21(19)22)26(17)10-5-9-18(27)25-11-13-28-14-12-25/h2-14H2,1H3,(H2,22,23). The van der Waals surface area contributed by atoms with Gasteiger partial charge in [-0.05, 0) is 44.1 Å². The molecule has 0 saturated carbocycles. The number of nitrogens with two attached hydrogens (primary N) is 1. The van der Waals surface area contributed by atoms with Gasteiger partial charge in [-0.25, -0.2) is 9.97 Å². The zero-order chi connectivity index (χ0) is 19.5. The van der Waals surface area contributed by atoms with Crippen LogP contribution in [0.1, 0.15) is 56.1 Å². The Labute approximate surface area is 166 Å². The van der Waals surface area contributed by atoms with Crippen molar-refractivity contribution in [2.24, 2.45) is 0 Å². The highest BCUT2D eigenvalue weighted by molar-refractivity contribution is 5.89. The SMILES string of the molecule is CCCc1nc2c(N)nc3c(c2n1CCCC(=O)N1CCOCC1)CCCC3. The lowest BCUT2D eigenvalue weighted by Crippen LogP contribution is -2.40. The molecule has 1 aliphatic carbocycles. The lowest BCUT2D eigenvalue weighted by Gasteiger charge is -2.27. The fraction of sp³-hybridized carbons (Fsp3) is 0.667. The van der Waals surface area contributed by atoms with Gasteiger partial charge < -0.3 is 19.9 Å². The summed E-state index contributed by atoms with van der Waals surface area (Å²) in [5, 5.41) is 0. The number of fused-ring (bicyclic) bond motifs is 3. The molecule has 7 nitrogen and oxygen atoms in total. The molecule has 2 N–H and O–H groups in total. The highest BCUT2D eigenvalue weighted by Gasteiger charge is 2.23. The minimum Gasteiger partial charge on any atom is -0.382 e. The van der Waals surface area contributed by atoms with E-state index in [1.165, 1.54) is 23.9 Å². The van der Waals surface area contributed by atoms with Crippen molar-refractivity contribution in [3.8, 4) is 0 Å². The number of nitrogen functional groups attached to an aromatic ring is 1. The molecule has 0 atom stereocenters. The molecular weight excluding hydrogens is 354 g/mol. The molecule has 0 spiro atoms. The number of carbonyl (C=O) groups excluding carboxylic acids is 1. The van der Waals surface area contributed by atoms with Crippen LogP contribution < -0.4 is 5.73 Å². The second-order valence-electron chi connectivity index (χ2n) is 7.85. The van der Waals surface area contributed by atoms with Gasteiger partial charge in [0, 0.05) is 38.2 Å². The lowest BCUT2D eigenvalue weighted by molar-refractivity contribution is -0.135. The van der Waals surface area contributed by atoms with Crippen LogP contribution in [0.3, 0.4) is 0 Å². The highest BCUT2D eigenvalue weighted by atomic mass is 16.5. The molecule has 2 aliphatic rings. The molecule has 0 radical (unpaired) electrons. The number of aryl methyl sites for hydroxylation is 4. The first-order chi connectivity index (χ1) is 13.7. The normalized spacial score (nSPS) is 17.1. The van der Waals surface area contributed by atoms with E-state index in [-0.39, 0.29) is 5.91 Å². The average molecular weight is 386 g/mol. The van der Waals surface area contributed by atoms with Crippen molar-refractivity contribution in [2.45, 2.75) is 64.8 Å². The smallest absolute Gasteiger partial charge is 0.222 e. The third kappa shape index (κ3) is 3.72.